The molecule has 20 heavy (non-hydrogen) atoms. The van der Waals surface area contributed by atoms with Crippen molar-refractivity contribution in [2.24, 2.45) is 0 Å². The highest BCUT2D eigenvalue weighted by Gasteiger charge is 2.05. The first-order valence-corrected chi connectivity index (χ1v) is 6.14. The standard InChI is InChI=1S/C15H14N4O/c1-20-12-5-4-9-6-11(3-2-10(9)7-12)13-8-14(16)19-15(17)18-13/h2-8H,1H3,(H4,16,17,18,19). The number of nitrogens with two attached hydrogens (primary N) is 2. The van der Waals surface area contributed by atoms with Gasteiger partial charge in [0.1, 0.15) is 11.6 Å². The second-order valence-electron chi connectivity index (χ2n) is 4.46. The van der Waals surface area contributed by atoms with E-state index in [4.69, 9.17) is 16.2 Å². The number of fused-ring (bicyclic) bond motifs is 1. The van der Waals surface area contributed by atoms with E-state index in [2.05, 4.69) is 9.97 Å². The lowest BCUT2D eigenvalue weighted by atomic mass is 10.0. The number of nitrogens with zero attached hydrogens (tertiary/aromatic N) is 2. The summed E-state index contributed by atoms with van der Waals surface area (Å²) in [5.74, 6) is 1.37. The Morgan fingerprint density at radius 1 is 0.900 bits per heavy atom. The van der Waals surface area contributed by atoms with Crippen molar-refractivity contribution in [2.75, 3.05) is 18.6 Å². The molecular formula is C15H14N4O. The van der Waals surface area contributed by atoms with Gasteiger partial charge in [-0.2, -0.15) is 4.98 Å². The summed E-state index contributed by atoms with van der Waals surface area (Å²) >= 11 is 0. The summed E-state index contributed by atoms with van der Waals surface area (Å²) in [5, 5.41) is 2.20. The summed E-state index contributed by atoms with van der Waals surface area (Å²) in [6.45, 7) is 0. The Labute approximate surface area is 116 Å². The van der Waals surface area contributed by atoms with E-state index in [-0.39, 0.29) is 5.95 Å². The molecule has 0 spiro atoms. The largest absolute Gasteiger partial charge is 0.497 e. The van der Waals surface area contributed by atoms with Crippen LogP contribution in [0.15, 0.2) is 42.5 Å². The van der Waals surface area contributed by atoms with Gasteiger partial charge in [0.25, 0.3) is 0 Å². The number of ether oxygens (including phenoxy) is 1. The summed E-state index contributed by atoms with van der Waals surface area (Å²) in [7, 11) is 1.65. The van der Waals surface area contributed by atoms with Crippen LogP contribution >= 0.6 is 0 Å². The van der Waals surface area contributed by atoms with Crippen LogP contribution in [0.3, 0.4) is 0 Å². The van der Waals surface area contributed by atoms with Gasteiger partial charge in [0.05, 0.1) is 12.8 Å². The summed E-state index contributed by atoms with van der Waals surface area (Å²) in [4.78, 5) is 8.08. The molecular weight excluding hydrogens is 252 g/mol. The van der Waals surface area contributed by atoms with Gasteiger partial charge in [0.2, 0.25) is 5.95 Å². The third-order valence-corrected chi connectivity index (χ3v) is 3.11. The normalized spacial score (nSPS) is 10.7. The number of anilines is 2. The molecule has 0 radical (unpaired) electrons. The van der Waals surface area contributed by atoms with Gasteiger partial charge < -0.3 is 16.2 Å². The first-order valence-electron chi connectivity index (χ1n) is 6.14. The second kappa shape index (κ2) is 4.70. The minimum Gasteiger partial charge on any atom is -0.497 e. The van der Waals surface area contributed by atoms with Gasteiger partial charge in [-0.05, 0) is 29.0 Å². The molecule has 100 valence electrons. The highest BCUT2D eigenvalue weighted by molar-refractivity contribution is 5.88. The third kappa shape index (κ3) is 2.21. The molecule has 0 bridgehead atoms. The van der Waals surface area contributed by atoms with E-state index in [1.54, 1.807) is 13.2 Å². The van der Waals surface area contributed by atoms with Crippen LogP contribution in [0.5, 0.6) is 5.75 Å². The fourth-order valence-corrected chi connectivity index (χ4v) is 2.14. The molecule has 0 saturated heterocycles. The van der Waals surface area contributed by atoms with Crippen LogP contribution in [-0.4, -0.2) is 17.1 Å². The van der Waals surface area contributed by atoms with Crippen LogP contribution in [0.2, 0.25) is 0 Å². The van der Waals surface area contributed by atoms with E-state index in [1.807, 2.05) is 36.4 Å². The molecule has 2 aromatic carbocycles. The number of nitrogen functional groups attached to an aromatic ring is 2. The molecule has 0 unspecified atom stereocenters. The first-order chi connectivity index (χ1) is 9.65. The van der Waals surface area contributed by atoms with Crippen LogP contribution in [0, 0.1) is 0 Å². The highest BCUT2D eigenvalue weighted by Crippen LogP contribution is 2.26. The van der Waals surface area contributed by atoms with Gasteiger partial charge in [0.15, 0.2) is 0 Å². The van der Waals surface area contributed by atoms with Gasteiger partial charge >= 0.3 is 0 Å². The van der Waals surface area contributed by atoms with E-state index in [9.17, 15) is 0 Å². The molecule has 0 fully saturated rings. The molecule has 3 aromatic rings. The summed E-state index contributed by atoms with van der Waals surface area (Å²) < 4.78 is 5.21. The lowest BCUT2D eigenvalue weighted by Gasteiger charge is -2.06. The summed E-state index contributed by atoms with van der Waals surface area (Å²) in [5.41, 5.74) is 13.0. The van der Waals surface area contributed by atoms with Crippen LogP contribution in [0.4, 0.5) is 11.8 Å². The molecule has 5 nitrogen and oxygen atoms in total. The van der Waals surface area contributed by atoms with Crippen molar-refractivity contribution >= 4 is 22.5 Å². The SMILES string of the molecule is COc1ccc2cc(-c3cc(N)nc(N)n3)ccc2c1. The van der Waals surface area contributed by atoms with Crippen molar-refractivity contribution in [1.29, 1.82) is 0 Å². The Balaban J connectivity index is 2.12. The van der Waals surface area contributed by atoms with Gasteiger partial charge in [-0.1, -0.05) is 18.2 Å². The molecule has 0 aliphatic heterocycles. The Morgan fingerprint density at radius 3 is 2.40 bits per heavy atom. The van der Waals surface area contributed by atoms with Crippen molar-refractivity contribution in [3.05, 3.63) is 42.5 Å². The number of rotatable bonds is 2. The Bertz CT molecular complexity index is 766. The number of aromatic nitrogens is 2. The monoisotopic (exact) mass is 266 g/mol. The van der Waals surface area contributed by atoms with Gasteiger partial charge in [-0.25, -0.2) is 4.98 Å². The Hall–Kier alpha value is -2.82. The fourth-order valence-electron chi connectivity index (χ4n) is 2.14. The lowest BCUT2D eigenvalue weighted by molar-refractivity contribution is 0.415. The summed E-state index contributed by atoms with van der Waals surface area (Å²) in [6.07, 6.45) is 0. The van der Waals surface area contributed by atoms with Crippen LogP contribution in [0.25, 0.3) is 22.0 Å². The van der Waals surface area contributed by atoms with E-state index >= 15 is 0 Å². The van der Waals surface area contributed by atoms with E-state index < -0.39 is 0 Å². The number of hydrogen-bond donors (Lipinski definition) is 2. The highest BCUT2D eigenvalue weighted by atomic mass is 16.5. The zero-order valence-corrected chi connectivity index (χ0v) is 11.0. The van der Waals surface area contributed by atoms with Crippen molar-refractivity contribution < 1.29 is 4.74 Å². The molecule has 0 aliphatic rings. The maximum Gasteiger partial charge on any atom is 0.222 e. The molecule has 1 heterocycles. The van der Waals surface area contributed by atoms with Crippen LogP contribution < -0.4 is 16.2 Å². The Kier molecular flexibility index (Phi) is 2.87. The maximum absolute atomic E-state index is 5.70. The predicted molar refractivity (Wildman–Crippen MR) is 80.4 cm³/mol. The van der Waals surface area contributed by atoms with Crippen LogP contribution in [-0.2, 0) is 0 Å². The van der Waals surface area contributed by atoms with Crippen LogP contribution in [0.1, 0.15) is 0 Å². The van der Waals surface area contributed by atoms with Crippen molar-refractivity contribution in [3.8, 4) is 17.0 Å². The quantitative estimate of drug-likeness (QED) is 0.744. The van der Waals surface area contributed by atoms with E-state index in [0.717, 1.165) is 22.1 Å². The molecule has 5 heteroatoms. The molecule has 4 N–H and O–H groups in total. The van der Waals surface area contributed by atoms with Crippen molar-refractivity contribution in [1.82, 2.24) is 9.97 Å². The van der Waals surface area contributed by atoms with Gasteiger partial charge in [-0.15, -0.1) is 0 Å². The fraction of sp³-hybridized carbons (Fsp3) is 0.0667. The third-order valence-electron chi connectivity index (χ3n) is 3.11. The average Bonchev–Trinajstić information content (AvgIpc) is 2.45. The average molecular weight is 266 g/mol. The van der Waals surface area contributed by atoms with E-state index in [1.165, 1.54) is 0 Å². The minimum atomic E-state index is 0.176. The topological polar surface area (TPSA) is 87.0 Å². The zero-order chi connectivity index (χ0) is 14.1. The van der Waals surface area contributed by atoms with E-state index in [0.29, 0.717) is 11.5 Å². The van der Waals surface area contributed by atoms with Gasteiger partial charge in [-0.3, -0.25) is 0 Å². The number of benzene rings is 2. The lowest BCUT2D eigenvalue weighted by Crippen LogP contribution is -2.00. The predicted octanol–water partition coefficient (Wildman–Crippen LogP) is 2.47. The molecule has 0 aliphatic carbocycles. The maximum atomic E-state index is 5.70. The second-order valence-corrected chi connectivity index (χ2v) is 4.46. The molecule has 1 aromatic heterocycles. The minimum absolute atomic E-state index is 0.176. The van der Waals surface area contributed by atoms with Gasteiger partial charge in [0, 0.05) is 11.6 Å². The molecule has 0 amide bonds. The number of methoxy groups -OCH3 is 1. The first kappa shape index (κ1) is 12.2. The number of hydrogen-bond acceptors (Lipinski definition) is 5. The summed E-state index contributed by atoms with van der Waals surface area (Å²) in [6, 6.07) is 13.7. The smallest absolute Gasteiger partial charge is 0.222 e. The molecule has 3 rings (SSSR count). The zero-order valence-electron chi connectivity index (χ0n) is 11.0. The Morgan fingerprint density at radius 2 is 1.65 bits per heavy atom. The van der Waals surface area contributed by atoms with Crippen molar-refractivity contribution in [2.45, 2.75) is 0 Å². The van der Waals surface area contributed by atoms with Crippen molar-refractivity contribution in [3.63, 3.8) is 0 Å². The molecule has 0 atom stereocenters. The molecule has 0 saturated carbocycles.